The Morgan fingerprint density at radius 3 is 2.06 bits per heavy atom. The summed E-state index contributed by atoms with van der Waals surface area (Å²) in [4.78, 5) is 28.8. The minimum Gasteiger partial charge on any atom is -0.494 e. The van der Waals surface area contributed by atoms with Gasteiger partial charge in [-0.25, -0.2) is 9.59 Å². The molecule has 0 aromatic heterocycles. The molecule has 0 saturated heterocycles. The number of hydrogen-bond acceptors (Lipinski definition) is 7. The number of carbonyl (C=O) groups excluding carboxylic acids is 2. The van der Waals surface area contributed by atoms with Gasteiger partial charge in [0.25, 0.3) is 0 Å². The summed E-state index contributed by atoms with van der Waals surface area (Å²) in [7, 11) is 1.55. The number of rotatable bonds is 13. The highest BCUT2D eigenvalue weighted by molar-refractivity contribution is 5.91. The van der Waals surface area contributed by atoms with Crippen molar-refractivity contribution in [1.29, 1.82) is 0 Å². The van der Waals surface area contributed by atoms with E-state index in [0.717, 1.165) is 30.6 Å². The van der Waals surface area contributed by atoms with Crippen molar-refractivity contribution in [1.82, 2.24) is 0 Å². The van der Waals surface area contributed by atoms with Crippen molar-refractivity contribution in [3.8, 4) is 11.5 Å². The van der Waals surface area contributed by atoms with E-state index >= 15 is 0 Å². The van der Waals surface area contributed by atoms with Gasteiger partial charge in [0.15, 0.2) is 0 Å². The van der Waals surface area contributed by atoms with E-state index in [1.807, 2.05) is 0 Å². The average molecular weight is 490 g/mol. The van der Waals surface area contributed by atoms with Crippen LogP contribution in [0.25, 0.3) is 0 Å². The van der Waals surface area contributed by atoms with Crippen LogP contribution < -0.4 is 9.47 Å². The molecule has 7 nitrogen and oxygen atoms in total. The summed E-state index contributed by atoms with van der Waals surface area (Å²) in [5, 5.41) is 0. The Morgan fingerprint density at radius 1 is 0.750 bits per heavy atom. The number of aliphatic imine (C=N–C) groups is 1. The molecule has 188 valence electrons. The topological polar surface area (TPSA) is 83.4 Å². The maximum absolute atomic E-state index is 12.4. The first-order valence-electron chi connectivity index (χ1n) is 11.9. The molecule has 0 heterocycles. The van der Waals surface area contributed by atoms with E-state index in [9.17, 15) is 9.59 Å². The number of ether oxygens (including phenoxy) is 4. The number of nitrogens with zero attached hydrogens (tertiary/aromatic N) is 1. The number of unbranched alkanes of at least 4 members (excludes halogenated alkanes) is 2. The van der Waals surface area contributed by atoms with Gasteiger partial charge < -0.3 is 18.9 Å². The molecule has 0 amide bonds. The van der Waals surface area contributed by atoms with Crippen LogP contribution in [0.3, 0.4) is 0 Å². The molecule has 36 heavy (non-hydrogen) atoms. The predicted molar refractivity (Wildman–Crippen MR) is 139 cm³/mol. The van der Waals surface area contributed by atoms with Crippen molar-refractivity contribution in [2.45, 2.75) is 26.2 Å². The standard InChI is InChI=1S/C29H31NO6/c1-3-4-5-18-34-26-16-10-24(11-17-26)29(32)36-27-14-6-22(7-15-27)21-30-25-12-8-23(9-13-25)28(31)35-20-19-33-2/h6-17,21H,3-5,18-20H2,1-2H3. The summed E-state index contributed by atoms with van der Waals surface area (Å²) in [5.74, 6) is 0.338. The van der Waals surface area contributed by atoms with Gasteiger partial charge in [0, 0.05) is 13.3 Å². The van der Waals surface area contributed by atoms with Crippen LogP contribution in [-0.2, 0) is 9.47 Å². The fourth-order valence-corrected chi connectivity index (χ4v) is 3.15. The van der Waals surface area contributed by atoms with Crippen LogP contribution in [0.5, 0.6) is 11.5 Å². The molecule has 0 bridgehead atoms. The first kappa shape index (κ1) is 26.6. The van der Waals surface area contributed by atoms with Crippen LogP contribution in [0.15, 0.2) is 77.8 Å². The number of benzene rings is 3. The van der Waals surface area contributed by atoms with Crippen molar-refractivity contribution < 1.29 is 28.5 Å². The van der Waals surface area contributed by atoms with Crippen molar-refractivity contribution in [3.63, 3.8) is 0 Å². The number of esters is 2. The molecule has 0 radical (unpaired) electrons. The smallest absolute Gasteiger partial charge is 0.343 e. The minimum atomic E-state index is -0.435. The molecule has 0 saturated carbocycles. The highest BCUT2D eigenvalue weighted by Gasteiger charge is 2.09. The highest BCUT2D eigenvalue weighted by atomic mass is 16.6. The maximum atomic E-state index is 12.4. The van der Waals surface area contributed by atoms with E-state index in [1.54, 1.807) is 86.1 Å². The van der Waals surface area contributed by atoms with Crippen LogP contribution in [0, 0.1) is 0 Å². The summed E-state index contributed by atoms with van der Waals surface area (Å²) in [6, 6.07) is 20.8. The van der Waals surface area contributed by atoms with E-state index in [0.29, 0.717) is 35.8 Å². The Kier molecular flexibility index (Phi) is 10.7. The Labute approximate surface area is 211 Å². The van der Waals surface area contributed by atoms with Crippen LogP contribution in [0.1, 0.15) is 52.5 Å². The van der Waals surface area contributed by atoms with Crippen molar-refractivity contribution in [2.75, 3.05) is 26.9 Å². The third-order valence-corrected chi connectivity index (χ3v) is 5.18. The molecule has 3 aromatic carbocycles. The Hall–Kier alpha value is -3.97. The Balaban J connectivity index is 1.49. The fourth-order valence-electron chi connectivity index (χ4n) is 3.15. The van der Waals surface area contributed by atoms with E-state index < -0.39 is 11.9 Å². The van der Waals surface area contributed by atoms with Gasteiger partial charge in [0.2, 0.25) is 0 Å². The van der Waals surface area contributed by atoms with E-state index in [-0.39, 0.29) is 6.61 Å². The molecule has 0 aliphatic rings. The van der Waals surface area contributed by atoms with Crippen molar-refractivity contribution >= 4 is 23.8 Å². The highest BCUT2D eigenvalue weighted by Crippen LogP contribution is 2.18. The molecule has 0 unspecified atom stereocenters. The SMILES string of the molecule is CCCCCOc1ccc(C(=O)Oc2ccc(C=Nc3ccc(C(=O)OCCOC)cc3)cc2)cc1. The molecule has 3 rings (SSSR count). The van der Waals surface area contributed by atoms with Gasteiger partial charge in [-0.2, -0.15) is 0 Å². The lowest BCUT2D eigenvalue weighted by Gasteiger charge is -2.07. The second-order valence-electron chi connectivity index (χ2n) is 7.97. The van der Waals surface area contributed by atoms with Gasteiger partial charge >= 0.3 is 11.9 Å². The molecule has 3 aromatic rings. The van der Waals surface area contributed by atoms with Gasteiger partial charge in [-0.1, -0.05) is 19.8 Å². The molecule has 0 N–H and O–H groups in total. The second-order valence-corrected chi connectivity index (χ2v) is 7.97. The normalized spacial score (nSPS) is 10.8. The Morgan fingerprint density at radius 2 is 1.39 bits per heavy atom. The molecule has 0 aliphatic carbocycles. The monoisotopic (exact) mass is 489 g/mol. The third kappa shape index (κ3) is 8.67. The fraction of sp³-hybridized carbons (Fsp3) is 0.276. The largest absolute Gasteiger partial charge is 0.494 e. The number of hydrogen-bond donors (Lipinski definition) is 0. The van der Waals surface area contributed by atoms with Crippen LogP contribution >= 0.6 is 0 Å². The van der Waals surface area contributed by atoms with Crippen LogP contribution in [-0.4, -0.2) is 45.1 Å². The maximum Gasteiger partial charge on any atom is 0.343 e. The van der Waals surface area contributed by atoms with E-state index in [1.165, 1.54) is 0 Å². The Bertz CT molecular complexity index is 1120. The van der Waals surface area contributed by atoms with Crippen LogP contribution in [0.2, 0.25) is 0 Å². The minimum absolute atomic E-state index is 0.209. The second kappa shape index (κ2) is 14.4. The average Bonchev–Trinajstić information content (AvgIpc) is 2.91. The number of methoxy groups -OCH3 is 1. The lowest BCUT2D eigenvalue weighted by molar-refractivity contribution is 0.0388. The quantitative estimate of drug-likeness (QED) is 0.126. The van der Waals surface area contributed by atoms with Crippen molar-refractivity contribution in [3.05, 3.63) is 89.5 Å². The summed E-state index contributed by atoms with van der Waals surface area (Å²) < 4.78 is 21.1. The first-order valence-corrected chi connectivity index (χ1v) is 11.9. The van der Waals surface area contributed by atoms with Gasteiger partial charge in [-0.05, 0) is 84.8 Å². The zero-order valence-corrected chi connectivity index (χ0v) is 20.6. The van der Waals surface area contributed by atoms with E-state index in [4.69, 9.17) is 18.9 Å². The summed E-state index contributed by atoms with van der Waals surface area (Å²) in [5.41, 5.74) is 2.43. The van der Waals surface area contributed by atoms with Gasteiger partial charge in [0.1, 0.15) is 18.1 Å². The third-order valence-electron chi connectivity index (χ3n) is 5.18. The molecule has 0 atom stereocenters. The summed E-state index contributed by atoms with van der Waals surface area (Å²) in [6.07, 6.45) is 4.98. The lowest BCUT2D eigenvalue weighted by Crippen LogP contribution is -2.09. The summed E-state index contributed by atoms with van der Waals surface area (Å²) in [6.45, 7) is 3.38. The first-order chi connectivity index (χ1) is 17.6. The molecule has 0 fully saturated rings. The predicted octanol–water partition coefficient (Wildman–Crippen LogP) is 6.03. The molecular formula is C29H31NO6. The van der Waals surface area contributed by atoms with Gasteiger partial charge in [0.05, 0.1) is 30.0 Å². The molecule has 7 heteroatoms. The zero-order chi connectivity index (χ0) is 25.6. The molecule has 0 spiro atoms. The molecule has 0 aliphatic heterocycles. The number of carbonyl (C=O) groups is 2. The van der Waals surface area contributed by atoms with E-state index in [2.05, 4.69) is 11.9 Å². The van der Waals surface area contributed by atoms with Crippen molar-refractivity contribution in [2.24, 2.45) is 4.99 Å². The zero-order valence-electron chi connectivity index (χ0n) is 20.6. The summed E-state index contributed by atoms with van der Waals surface area (Å²) >= 11 is 0. The van der Waals surface area contributed by atoms with Crippen LogP contribution in [0.4, 0.5) is 5.69 Å². The van der Waals surface area contributed by atoms with Gasteiger partial charge in [-0.3, -0.25) is 4.99 Å². The molecular weight excluding hydrogens is 458 g/mol. The lowest BCUT2D eigenvalue weighted by atomic mass is 10.2. The van der Waals surface area contributed by atoms with Gasteiger partial charge in [-0.15, -0.1) is 0 Å².